The van der Waals surface area contributed by atoms with E-state index in [1.165, 1.54) is 19.1 Å². The third-order valence-corrected chi connectivity index (χ3v) is 3.29. The smallest absolute Gasteiger partial charge is 0.422 e. The SMILES string of the molecule is CC1=C(C(=O)OCC(F)(F)F)[C@@H](c2ccc([N+](=O)[O-])cc2)NC(=O)N1. The van der Waals surface area contributed by atoms with Gasteiger partial charge in [0.05, 0.1) is 16.5 Å². The molecule has 0 radical (unpaired) electrons. The maximum Gasteiger partial charge on any atom is 0.422 e. The first-order chi connectivity index (χ1) is 11.6. The number of nitro benzene ring substituents is 1. The number of nitro groups is 1. The van der Waals surface area contributed by atoms with Crippen molar-refractivity contribution in [2.24, 2.45) is 0 Å². The van der Waals surface area contributed by atoms with E-state index in [1.807, 2.05) is 0 Å². The minimum atomic E-state index is -4.70. The van der Waals surface area contributed by atoms with Gasteiger partial charge in [-0.25, -0.2) is 9.59 Å². The molecule has 2 N–H and O–H groups in total. The number of urea groups is 1. The molecule has 1 aliphatic heterocycles. The Morgan fingerprint density at radius 3 is 2.44 bits per heavy atom. The average molecular weight is 359 g/mol. The van der Waals surface area contributed by atoms with E-state index in [0.29, 0.717) is 0 Å². The van der Waals surface area contributed by atoms with Gasteiger partial charge in [-0.1, -0.05) is 0 Å². The zero-order chi connectivity index (χ0) is 18.8. The maximum absolute atomic E-state index is 12.2. The van der Waals surface area contributed by atoms with Crippen LogP contribution in [0.1, 0.15) is 18.5 Å². The highest BCUT2D eigenvalue weighted by Crippen LogP contribution is 2.29. The number of non-ortho nitro benzene ring substituents is 1. The highest BCUT2D eigenvalue weighted by molar-refractivity contribution is 5.95. The number of carbonyl (C=O) groups excluding carboxylic acids is 2. The third-order valence-electron chi connectivity index (χ3n) is 3.29. The highest BCUT2D eigenvalue weighted by Gasteiger charge is 2.35. The van der Waals surface area contributed by atoms with E-state index in [4.69, 9.17) is 0 Å². The number of hydrogen-bond donors (Lipinski definition) is 2. The van der Waals surface area contributed by atoms with E-state index in [1.54, 1.807) is 0 Å². The molecule has 1 aromatic carbocycles. The fourth-order valence-electron chi connectivity index (χ4n) is 2.23. The molecule has 11 heteroatoms. The van der Waals surface area contributed by atoms with E-state index in [9.17, 15) is 32.9 Å². The van der Waals surface area contributed by atoms with E-state index in [0.717, 1.165) is 12.1 Å². The topological polar surface area (TPSA) is 111 Å². The molecule has 0 saturated carbocycles. The van der Waals surface area contributed by atoms with Crippen LogP contribution in [0.2, 0.25) is 0 Å². The Balaban J connectivity index is 2.33. The lowest BCUT2D eigenvalue weighted by atomic mass is 9.95. The zero-order valence-electron chi connectivity index (χ0n) is 12.7. The lowest BCUT2D eigenvalue weighted by Crippen LogP contribution is -2.45. The van der Waals surface area contributed by atoms with Crippen molar-refractivity contribution in [2.75, 3.05) is 6.61 Å². The van der Waals surface area contributed by atoms with Gasteiger partial charge < -0.3 is 15.4 Å². The number of amides is 2. The van der Waals surface area contributed by atoms with Crippen LogP contribution in [0.5, 0.6) is 0 Å². The molecule has 1 atom stereocenters. The van der Waals surface area contributed by atoms with Gasteiger partial charge in [-0.2, -0.15) is 13.2 Å². The molecule has 1 heterocycles. The summed E-state index contributed by atoms with van der Waals surface area (Å²) in [6.45, 7) is -0.440. The highest BCUT2D eigenvalue weighted by atomic mass is 19.4. The molecule has 0 saturated heterocycles. The standard InChI is InChI=1S/C14H12F3N3O5/c1-7-10(12(21)25-6-14(15,16)17)11(19-13(22)18-7)8-2-4-9(5-3-8)20(23)24/h2-5,11H,6H2,1H3,(H2,18,19,22)/t11-/m1/s1. The summed E-state index contributed by atoms with van der Waals surface area (Å²) in [6.07, 6.45) is -4.70. The quantitative estimate of drug-likeness (QED) is 0.487. The number of benzene rings is 1. The van der Waals surface area contributed by atoms with Crippen molar-refractivity contribution in [3.63, 3.8) is 0 Å². The van der Waals surface area contributed by atoms with E-state index >= 15 is 0 Å². The molecule has 0 fully saturated rings. The second-order valence-corrected chi connectivity index (χ2v) is 5.11. The molecule has 134 valence electrons. The van der Waals surface area contributed by atoms with Crippen molar-refractivity contribution in [1.29, 1.82) is 0 Å². The number of ether oxygens (including phenoxy) is 1. The lowest BCUT2D eigenvalue weighted by Gasteiger charge is -2.28. The predicted molar refractivity (Wildman–Crippen MR) is 77.2 cm³/mol. The summed E-state index contributed by atoms with van der Waals surface area (Å²) in [6, 6.07) is 3.11. The van der Waals surface area contributed by atoms with Gasteiger partial charge in [-0.3, -0.25) is 10.1 Å². The summed E-state index contributed by atoms with van der Waals surface area (Å²) in [5.41, 5.74) is -0.137. The van der Waals surface area contributed by atoms with Crippen LogP contribution in [0.4, 0.5) is 23.7 Å². The second kappa shape index (κ2) is 6.79. The van der Waals surface area contributed by atoms with Gasteiger partial charge in [0, 0.05) is 17.8 Å². The van der Waals surface area contributed by atoms with Gasteiger partial charge in [-0.05, 0) is 24.6 Å². The number of allylic oxidation sites excluding steroid dienone is 1. The Morgan fingerprint density at radius 1 is 1.32 bits per heavy atom. The van der Waals surface area contributed by atoms with Crippen LogP contribution in [0.3, 0.4) is 0 Å². The molecule has 0 aliphatic carbocycles. The van der Waals surface area contributed by atoms with Crippen LogP contribution in [0.15, 0.2) is 35.5 Å². The maximum atomic E-state index is 12.2. The van der Waals surface area contributed by atoms with E-state index in [2.05, 4.69) is 15.4 Å². The molecular weight excluding hydrogens is 347 g/mol. The third kappa shape index (κ3) is 4.46. The molecule has 1 aromatic rings. The van der Waals surface area contributed by atoms with Gasteiger partial charge in [0.25, 0.3) is 5.69 Å². The van der Waals surface area contributed by atoms with Crippen molar-refractivity contribution in [1.82, 2.24) is 10.6 Å². The molecule has 1 aliphatic rings. The molecule has 0 spiro atoms. The predicted octanol–water partition coefficient (Wildman–Crippen LogP) is 2.33. The molecule has 0 unspecified atom stereocenters. The van der Waals surface area contributed by atoms with Crippen molar-refractivity contribution >= 4 is 17.7 Å². The fourth-order valence-corrected chi connectivity index (χ4v) is 2.23. The first-order valence-electron chi connectivity index (χ1n) is 6.85. The fraction of sp³-hybridized carbons (Fsp3) is 0.286. The summed E-state index contributed by atoms with van der Waals surface area (Å²) in [4.78, 5) is 33.7. The number of nitrogens with zero attached hydrogens (tertiary/aromatic N) is 1. The van der Waals surface area contributed by atoms with Crippen LogP contribution in [0, 0.1) is 10.1 Å². The Morgan fingerprint density at radius 2 is 1.92 bits per heavy atom. The second-order valence-electron chi connectivity index (χ2n) is 5.11. The molecule has 0 bridgehead atoms. The van der Waals surface area contributed by atoms with Crippen molar-refractivity contribution in [2.45, 2.75) is 19.1 Å². The van der Waals surface area contributed by atoms with Gasteiger partial charge >= 0.3 is 18.2 Å². The van der Waals surface area contributed by atoms with Crippen molar-refractivity contribution in [3.05, 3.63) is 51.2 Å². The molecule has 2 rings (SSSR count). The number of hydrogen-bond acceptors (Lipinski definition) is 5. The van der Waals surface area contributed by atoms with Crippen molar-refractivity contribution < 1.29 is 32.4 Å². The minimum Gasteiger partial charge on any atom is -0.453 e. The number of esters is 1. The summed E-state index contributed by atoms with van der Waals surface area (Å²) in [5, 5.41) is 15.3. The summed E-state index contributed by atoms with van der Waals surface area (Å²) >= 11 is 0. The van der Waals surface area contributed by atoms with E-state index in [-0.39, 0.29) is 22.5 Å². The Kier molecular flexibility index (Phi) is 4.95. The molecule has 8 nitrogen and oxygen atoms in total. The van der Waals surface area contributed by atoms with Gasteiger partial charge in [-0.15, -0.1) is 0 Å². The van der Waals surface area contributed by atoms with Gasteiger partial charge in [0.15, 0.2) is 6.61 Å². The largest absolute Gasteiger partial charge is 0.453 e. The number of halogens is 3. The number of nitrogens with one attached hydrogen (secondary N) is 2. The summed E-state index contributed by atoms with van der Waals surface area (Å²) < 4.78 is 41.0. The Labute approximate surface area is 138 Å². The van der Waals surface area contributed by atoms with Crippen LogP contribution < -0.4 is 10.6 Å². The van der Waals surface area contributed by atoms with Gasteiger partial charge in [0.2, 0.25) is 0 Å². The molecule has 0 aromatic heterocycles. The average Bonchev–Trinajstić information content (AvgIpc) is 2.51. The zero-order valence-corrected chi connectivity index (χ0v) is 12.7. The number of alkyl halides is 3. The van der Waals surface area contributed by atoms with Crippen LogP contribution in [-0.4, -0.2) is 29.7 Å². The van der Waals surface area contributed by atoms with Crippen LogP contribution in [-0.2, 0) is 9.53 Å². The summed E-state index contributed by atoms with van der Waals surface area (Å²) in [7, 11) is 0. The number of carbonyl (C=O) groups is 2. The molecule has 25 heavy (non-hydrogen) atoms. The Hall–Kier alpha value is -3.11. The number of rotatable bonds is 4. The first-order valence-corrected chi connectivity index (χ1v) is 6.85. The molecular formula is C14H12F3N3O5. The van der Waals surface area contributed by atoms with Gasteiger partial charge in [0.1, 0.15) is 0 Å². The Bertz CT molecular complexity index is 743. The monoisotopic (exact) mass is 359 g/mol. The normalized spacial score (nSPS) is 17.6. The van der Waals surface area contributed by atoms with Crippen molar-refractivity contribution in [3.8, 4) is 0 Å². The van der Waals surface area contributed by atoms with Crippen LogP contribution >= 0.6 is 0 Å². The van der Waals surface area contributed by atoms with E-state index < -0.39 is 35.7 Å². The summed E-state index contributed by atoms with van der Waals surface area (Å²) in [5.74, 6) is -1.26. The first kappa shape index (κ1) is 18.2. The molecule has 2 amide bonds. The minimum absolute atomic E-state index is 0.0271. The van der Waals surface area contributed by atoms with Crippen LogP contribution in [0.25, 0.3) is 0 Å². The lowest BCUT2D eigenvalue weighted by molar-refractivity contribution is -0.384.